The predicted octanol–water partition coefficient (Wildman–Crippen LogP) is 1.09. The molecular formula is C9H22ClN5. The van der Waals surface area contributed by atoms with Crippen molar-refractivity contribution in [2.45, 2.75) is 33.7 Å². The highest BCUT2D eigenvalue weighted by Crippen LogP contribution is 2.14. The van der Waals surface area contributed by atoms with Gasteiger partial charge >= 0.3 is 0 Å². The van der Waals surface area contributed by atoms with Crippen molar-refractivity contribution in [2.75, 3.05) is 7.05 Å². The summed E-state index contributed by atoms with van der Waals surface area (Å²) < 4.78 is 0. The van der Waals surface area contributed by atoms with Crippen LogP contribution in [0, 0.1) is 0 Å². The van der Waals surface area contributed by atoms with Crippen LogP contribution in [-0.2, 0) is 0 Å². The smallest absolute Gasteiger partial charge is 0.194 e. The number of hydrogen-bond donors (Lipinski definition) is 4. The van der Waals surface area contributed by atoms with Gasteiger partial charge in [-0.15, -0.1) is 0 Å². The molecule has 15 heavy (non-hydrogen) atoms. The van der Waals surface area contributed by atoms with Crippen LogP contribution in [0.3, 0.4) is 0 Å². The molecule has 0 saturated heterocycles. The number of nitrogens with zero attached hydrogens (tertiary/aromatic N) is 1. The molecule has 0 saturated carbocycles. The van der Waals surface area contributed by atoms with Crippen molar-refractivity contribution in [1.82, 2.24) is 16.2 Å². The first-order valence-corrected chi connectivity index (χ1v) is 4.96. The SMILES string of the molecule is C.CC.CNNC1=C(C)NC(N)=NC1Cl. The molecule has 1 aliphatic rings. The lowest BCUT2D eigenvalue weighted by atomic mass is 10.3. The minimum absolute atomic E-state index is 0. The molecule has 5 N–H and O–H groups in total. The van der Waals surface area contributed by atoms with Gasteiger partial charge in [0.1, 0.15) is 0 Å². The summed E-state index contributed by atoms with van der Waals surface area (Å²) in [6.45, 7) is 5.87. The fourth-order valence-corrected chi connectivity index (χ4v) is 1.27. The molecule has 1 atom stereocenters. The van der Waals surface area contributed by atoms with Crippen LogP contribution in [0.2, 0.25) is 0 Å². The van der Waals surface area contributed by atoms with Gasteiger partial charge in [-0.25, -0.2) is 10.4 Å². The molecule has 0 fully saturated rings. The zero-order valence-corrected chi connectivity index (χ0v) is 9.74. The zero-order chi connectivity index (χ0) is 11.1. The average molecular weight is 236 g/mol. The van der Waals surface area contributed by atoms with E-state index >= 15 is 0 Å². The Morgan fingerprint density at radius 1 is 1.47 bits per heavy atom. The summed E-state index contributed by atoms with van der Waals surface area (Å²) in [6, 6.07) is 0. The van der Waals surface area contributed by atoms with Gasteiger partial charge in [0.25, 0.3) is 0 Å². The molecule has 0 aromatic heterocycles. The largest absolute Gasteiger partial charge is 0.370 e. The standard InChI is InChI=1S/C6H12ClN5.C2H6.CH4/c1-3-4(12-9-2)5(7)11-6(8)10-3;1-2;/h5,9,12H,1-2H3,(H3,8,10,11);1-2H3;1H4. The summed E-state index contributed by atoms with van der Waals surface area (Å²) >= 11 is 5.88. The number of rotatable bonds is 2. The molecule has 1 unspecified atom stereocenters. The Morgan fingerprint density at radius 2 is 2.00 bits per heavy atom. The van der Waals surface area contributed by atoms with Crippen LogP contribution in [0.5, 0.6) is 0 Å². The molecule has 1 rings (SSSR count). The molecule has 0 aliphatic carbocycles. The highest BCUT2D eigenvalue weighted by atomic mass is 35.5. The van der Waals surface area contributed by atoms with E-state index in [1.807, 2.05) is 20.8 Å². The summed E-state index contributed by atoms with van der Waals surface area (Å²) in [5, 5.41) is 2.86. The first-order valence-electron chi connectivity index (χ1n) is 4.53. The van der Waals surface area contributed by atoms with E-state index in [0.717, 1.165) is 11.4 Å². The molecule has 90 valence electrons. The van der Waals surface area contributed by atoms with Crippen molar-refractivity contribution in [3.63, 3.8) is 0 Å². The summed E-state index contributed by atoms with van der Waals surface area (Å²) in [7, 11) is 1.76. The number of alkyl halides is 1. The van der Waals surface area contributed by atoms with Crippen LogP contribution in [0.1, 0.15) is 28.2 Å². The Morgan fingerprint density at radius 3 is 2.40 bits per heavy atom. The summed E-state index contributed by atoms with van der Waals surface area (Å²) in [5.74, 6) is 0.342. The van der Waals surface area contributed by atoms with Gasteiger partial charge < -0.3 is 16.5 Å². The zero-order valence-electron chi connectivity index (χ0n) is 8.98. The first kappa shape index (κ1) is 16.5. The number of guanidine groups is 1. The Balaban J connectivity index is 0. The van der Waals surface area contributed by atoms with Gasteiger partial charge in [0.2, 0.25) is 0 Å². The van der Waals surface area contributed by atoms with Crippen molar-refractivity contribution in [1.29, 1.82) is 0 Å². The Kier molecular flexibility index (Phi) is 9.21. The van der Waals surface area contributed by atoms with E-state index in [0.29, 0.717) is 5.96 Å². The number of allylic oxidation sites excluding steroid dienone is 1. The number of halogens is 1. The molecule has 0 spiro atoms. The molecule has 0 radical (unpaired) electrons. The molecule has 6 heteroatoms. The predicted molar refractivity (Wildman–Crippen MR) is 67.4 cm³/mol. The van der Waals surface area contributed by atoms with Crippen molar-refractivity contribution in [3.05, 3.63) is 11.4 Å². The van der Waals surface area contributed by atoms with Crippen LogP contribution in [0.15, 0.2) is 16.4 Å². The van der Waals surface area contributed by atoms with Gasteiger partial charge in [-0.2, -0.15) is 0 Å². The third kappa shape index (κ3) is 4.90. The normalized spacial score (nSPS) is 19.0. The van der Waals surface area contributed by atoms with E-state index in [4.69, 9.17) is 17.3 Å². The number of nitrogens with two attached hydrogens (primary N) is 1. The van der Waals surface area contributed by atoms with Gasteiger partial charge in [-0.1, -0.05) is 32.9 Å². The lowest BCUT2D eigenvalue weighted by molar-refractivity contribution is 0.641. The van der Waals surface area contributed by atoms with E-state index in [9.17, 15) is 0 Å². The molecule has 0 bridgehead atoms. The van der Waals surface area contributed by atoms with Crippen molar-refractivity contribution >= 4 is 17.6 Å². The Bertz CT molecular complexity index is 237. The van der Waals surface area contributed by atoms with Gasteiger partial charge in [0, 0.05) is 12.7 Å². The molecule has 0 amide bonds. The Labute approximate surface area is 97.1 Å². The number of hydrazine groups is 1. The van der Waals surface area contributed by atoms with Gasteiger partial charge in [0.15, 0.2) is 11.5 Å². The fraction of sp³-hybridized carbons (Fsp3) is 0.667. The van der Waals surface area contributed by atoms with E-state index in [1.54, 1.807) is 7.05 Å². The molecule has 1 aliphatic heterocycles. The Hall–Kier alpha value is -0.940. The fourth-order valence-electron chi connectivity index (χ4n) is 0.945. The van der Waals surface area contributed by atoms with Crippen LogP contribution >= 0.6 is 11.6 Å². The van der Waals surface area contributed by atoms with Crippen LogP contribution < -0.4 is 21.9 Å². The maximum atomic E-state index is 5.88. The second-order valence-corrected chi connectivity index (χ2v) is 2.80. The van der Waals surface area contributed by atoms with Gasteiger partial charge in [0.05, 0.1) is 5.70 Å². The van der Waals surface area contributed by atoms with Crippen LogP contribution in [0.25, 0.3) is 0 Å². The van der Waals surface area contributed by atoms with E-state index < -0.39 is 5.50 Å². The van der Waals surface area contributed by atoms with Crippen molar-refractivity contribution in [3.8, 4) is 0 Å². The molecular weight excluding hydrogens is 214 g/mol. The number of aliphatic imine (C=N–C) groups is 1. The monoisotopic (exact) mass is 235 g/mol. The summed E-state index contributed by atoms with van der Waals surface area (Å²) in [5.41, 5.74) is 12.3. The summed E-state index contributed by atoms with van der Waals surface area (Å²) in [4.78, 5) is 3.92. The lowest BCUT2D eigenvalue weighted by Gasteiger charge is -2.21. The number of nitrogens with one attached hydrogen (secondary N) is 3. The minimum atomic E-state index is -0.446. The van der Waals surface area contributed by atoms with Gasteiger partial charge in [-0.05, 0) is 6.92 Å². The molecule has 0 aromatic carbocycles. The highest BCUT2D eigenvalue weighted by Gasteiger charge is 2.17. The van der Waals surface area contributed by atoms with E-state index in [-0.39, 0.29) is 7.43 Å². The lowest BCUT2D eigenvalue weighted by Crippen LogP contribution is -2.42. The second-order valence-electron chi connectivity index (χ2n) is 2.39. The van der Waals surface area contributed by atoms with Crippen molar-refractivity contribution in [2.24, 2.45) is 10.7 Å². The molecule has 1 heterocycles. The summed E-state index contributed by atoms with van der Waals surface area (Å²) in [6.07, 6.45) is 0. The van der Waals surface area contributed by atoms with Crippen LogP contribution in [-0.4, -0.2) is 18.5 Å². The van der Waals surface area contributed by atoms with E-state index in [2.05, 4.69) is 21.2 Å². The second kappa shape index (κ2) is 8.38. The first-order chi connectivity index (χ1) is 6.65. The quantitative estimate of drug-likeness (QED) is 0.328. The molecule has 0 aromatic rings. The van der Waals surface area contributed by atoms with Gasteiger partial charge in [-0.3, -0.25) is 0 Å². The molecule has 5 nitrogen and oxygen atoms in total. The third-order valence-electron chi connectivity index (χ3n) is 1.47. The minimum Gasteiger partial charge on any atom is -0.370 e. The number of hydrogen-bond acceptors (Lipinski definition) is 5. The maximum absolute atomic E-state index is 5.88. The van der Waals surface area contributed by atoms with Crippen molar-refractivity contribution < 1.29 is 0 Å². The highest BCUT2D eigenvalue weighted by molar-refractivity contribution is 6.23. The van der Waals surface area contributed by atoms with E-state index in [1.165, 1.54) is 0 Å². The average Bonchev–Trinajstić information content (AvgIpc) is 2.14. The topological polar surface area (TPSA) is 74.5 Å². The maximum Gasteiger partial charge on any atom is 0.194 e. The third-order valence-corrected chi connectivity index (χ3v) is 1.79. The van der Waals surface area contributed by atoms with Crippen LogP contribution in [0.4, 0.5) is 0 Å².